The van der Waals surface area contributed by atoms with Crippen LogP contribution in [0.2, 0.25) is 0 Å². The first-order valence-corrected chi connectivity index (χ1v) is 22.9. The fourth-order valence-corrected chi connectivity index (χ4v) is 12.7. The first kappa shape index (κ1) is 39.1. The number of guanidine groups is 1. The van der Waals surface area contributed by atoms with E-state index >= 15 is 0 Å². The van der Waals surface area contributed by atoms with Crippen molar-refractivity contribution in [1.29, 1.82) is 15.8 Å². The third kappa shape index (κ3) is 5.72. The fraction of sp³-hybridized carbons (Fsp3) is 0.169. The Balaban J connectivity index is 0.934. The third-order valence-corrected chi connectivity index (χ3v) is 15.4. The fourth-order valence-electron chi connectivity index (χ4n) is 12.7. The summed E-state index contributed by atoms with van der Waals surface area (Å²) in [6, 6.07) is 57.4. The van der Waals surface area contributed by atoms with Gasteiger partial charge in [0.25, 0.3) is 0 Å². The number of hydrogen-bond acceptors (Lipinski definition) is 8. The first-order chi connectivity index (χ1) is 32.8. The van der Waals surface area contributed by atoms with Crippen LogP contribution in [0.1, 0.15) is 55.6 Å². The van der Waals surface area contributed by atoms with Crippen LogP contribution in [0.25, 0.3) is 43.8 Å². The van der Waals surface area contributed by atoms with Crippen LogP contribution in [-0.2, 0) is 49.1 Å². The van der Waals surface area contributed by atoms with Crippen molar-refractivity contribution in [2.45, 2.75) is 44.2 Å². The summed E-state index contributed by atoms with van der Waals surface area (Å²) in [6.07, 6.45) is 6.72. The van der Waals surface area contributed by atoms with Crippen molar-refractivity contribution in [3.63, 3.8) is 0 Å². The Bertz CT molecular complexity index is 3660. The number of fused-ring (bicyclic) bond motifs is 4. The highest BCUT2D eigenvalue weighted by atomic mass is 16.7. The zero-order chi connectivity index (χ0) is 45.1. The van der Waals surface area contributed by atoms with E-state index in [1.165, 1.54) is 49.4 Å². The number of hydrogen-bond donors (Lipinski definition) is 1. The number of anilines is 1. The summed E-state index contributed by atoms with van der Waals surface area (Å²) in [5, 5.41) is 40.4. The summed E-state index contributed by atoms with van der Waals surface area (Å²) in [5.41, 5.74) is 14.4. The minimum Gasteiger partial charge on any atom is -0.324 e. The lowest BCUT2D eigenvalue weighted by Gasteiger charge is -2.44. The molecule has 0 bridgehead atoms. The predicted octanol–water partition coefficient (Wildman–Crippen LogP) is 11.5. The second-order valence-electron chi connectivity index (χ2n) is 19.1. The van der Waals surface area contributed by atoms with Crippen LogP contribution in [-0.4, -0.2) is 23.8 Å². The van der Waals surface area contributed by atoms with Gasteiger partial charge in [-0.25, -0.2) is 14.9 Å². The molecule has 1 aliphatic heterocycles. The van der Waals surface area contributed by atoms with Gasteiger partial charge in [0.05, 0.1) is 29.0 Å². The van der Waals surface area contributed by atoms with Crippen LogP contribution >= 0.6 is 0 Å². The Hall–Kier alpha value is -8.35. The maximum Gasteiger partial charge on any atom is 0.226 e. The zero-order valence-corrected chi connectivity index (χ0v) is 36.8. The monoisotopic (exact) mass is 863 g/mol. The Morgan fingerprint density at radius 3 is 1.84 bits per heavy atom. The molecule has 0 radical (unpaired) electrons. The molecule has 2 unspecified atom stereocenters. The van der Waals surface area contributed by atoms with Gasteiger partial charge in [0.1, 0.15) is 0 Å². The van der Waals surface area contributed by atoms with Gasteiger partial charge < -0.3 is 5.32 Å². The summed E-state index contributed by atoms with van der Waals surface area (Å²) in [5.74, 6) is 0.624. The van der Waals surface area contributed by atoms with Gasteiger partial charge in [-0.05, 0) is 158 Å². The Labute approximate surface area is 388 Å². The second kappa shape index (κ2) is 14.3. The molecule has 4 aliphatic carbocycles. The number of nitriles is 3. The highest BCUT2D eigenvalue weighted by Gasteiger charge is 2.64. The van der Waals surface area contributed by atoms with Gasteiger partial charge in [-0.15, -0.1) is 0 Å². The van der Waals surface area contributed by atoms with Gasteiger partial charge in [0.2, 0.25) is 17.9 Å². The molecule has 67 heavy (non-hydrogen) atoms. The van der Waals surface area contributed by atoms with E-state index < -0.39 is 16.6 Å². The molecule has 8 aromatic rings. The van der Waals surface area contributed by atoms with Crippen LogP contribution in [0.15, 0.2) is 162 Å². The second-order valence-corrected chi connectivity index (χ2v) is 19.1. The van der Waals surface area contributed by atoms with Gasteiger partial charge in [-0.1, -0.05) is 109 Å². The van der Waals surface area contributed by atoms with Gasteiger partial charge in [0, 0.05) is 34.7 Å². The van der Waals surface area contributed by atoms with Crippen molar-refractivity contribution >= 4 is 38.9 Å². The van der Waals surface area contributed by atoms with E-state index in [4.69, 9.17) is 9.83 Å². The molecule has 1 heterocycles. The molecule has 0 fully saturated rings. The topological polar surface area (TPSA) is 121 Å². The Morgan fingerprint density at radius 2 is 1.16 bits per heavy atom. The van der Waals surface area contributed by atoms with Crippen LogP contribution in [0.5, 0.6) is 0 Å². The van der Waals surface area contributed by atoms with Crippen molar-refractivity contribution in [3.8, 4) is 40.6 Å². The smallest absolute Gasteiger partial charge is 0.226 e. The highest BCUT2D eigenvalue weighted by molar-refractivity contribution is 6.12. The third-order valence-electron chi connectivity index (χ3n) is 15.4. The van der Waals surface area contributed by atoms with Crippen LogP contribution in [0, 0.1) is 44.9 Å². The molecule has 3 spiro atoms. The maximum atomic E-state index is 10.3. The van der Waals surface area contributed by atoms with Gasteiger partial charge in [-0.3, -0.25) is 0 Å². The molecule has 13 rings (SSSR count). The lowest BCUT2D eigenvalue weighted by Crippen LogP contribution is -2.47. The molecular formula is C59H41N7O. The quantitative estimate of drug-likeness (QED) is 0.177. The zero-order valence-electron chi connectivity index (χ0n) is 36.8. The molecular weight excluding hydrogens is 823 g/mol. The number of aliphatic imine (C=N–C) groups is 2. The summed E-state index contributed by atoms with van der Waals surface area (Å²) >= 11 is 0. The van der Waals surface area contributed by atoms with Gasteiger partial charge >= 0.3 is 0 Å². The molecule has 8 aromatic carbocycles. The van der Waals surface area contributed by atoms with E-state index in [1.807, 2.05) is 54.6 Å². The summed E-state index contributed by atoms with van der Waals surface area (Å²) in [4.78, 5) is 17.8. The van der Waals surface area contributed by atoms with Crippen LogP contribution in [0.3, 0.4) is 0 Å². The number of benzene rings is 8. The Morgan fingerprint density at radius 1 is 0.582 bits per heavy atom. The van der Waals surface area contributed by atoms with Crippen molar-refractivity contribution in [3.05, 3.63) is 207 Å². The summed E-state index contributed by atoms with van der Waals surface area (Å²) in [7, 11) is 1.96. The van der Waals surface area contributed by atoms with Crippen LogP contribution < -0.4 is 5.32 Å². The van der Waals surface area contributed by atoms with E-state index in [0.29, 0.717) is 23.5 Å². The van der Waals surface area contributed by atoms with E-state index in [2.05, 4.69) is 138 Å². The molecule has 8 nitrogen and oxygen atoms in total. The Kier molecular flexibility index (Phi) is 8.35. The molecule has 0 saturated carbocycles. The summed E-state index contributed by atoms with van der Waals surface area (Å²) in [6.45, 7) is 0. The molecule has 0 aromatic heterocycles. The lowest BCUT2D eigenvalue weighted by molar-refractivity contribution is -0.221. The number of hydroxylamine groups is 2. The standard InChI is InChI=1S/C59H41N7O/c1-66-56(65-59(67-66)51-26-43(41-13-3-8-37(24-41)34-61)18-20-45(51)29-58(59)30-47-15-4-9-38-10-5-16-48(31-58)53(38)47)64-52-22-21-39-11-6-14-46-28-57(32-50(52)54(39)46)27-44-19-17-42(25-49(44)55(57)63-35-62)40-12-2-7-36(23-40)33-60/h2-26H,27-32H2,1H3,(H,64,65)/b63-55-. The van der Waals surface area contributed by atoms with Crippen molar-refractivity contribution in [2.75, 3.05) is 12.4 Å². The molecule has 2 atom stereocenters. The minimum absolute atomic E-state index is 0.440. The molecule has 1 N–H and O–H groups in total. The van der Waals surface area contributed by atoms with E-state index in [-0.39, 0.29) is 0 Å². The lowest BCUT2D eigenvalue weighted by atomic mass is 9.65. The molecule has 5 aliphatic rings. The number of rotatable bonds is 3. The van der Waals surface area contributed by atoms with Gasteiger partial charge in [-0.2, -0.15) is 20.8 Å². The van der Waals surface area contributed by atoms with E-state index in [9.17, 15) is 15.8 Å². The molecule has 0 saturated heterocycles. The highest BCUT2D eigenvalue weighted by Crippen LogP contribution is 2.61. The number of nitrogens with one attached hydrogen (secondary N) is 1. The largest absolute Gasteiger partial charge is 0.324 e. The summed E-state index contributed by atoms with van der Waals surface area (Å²) < 4.78 is 0. The predicted molar refractivity (Wildman–Crippen MR) is 262 cm³/mol. The maximum absolute atomic E-state index is 10.3. The van der Waals surface area contributed by atoms with E-state index in [0.717, 1.165) is 82.4 Å². The van der Waals surface area contributed by atoms with Crippen molar-refractivity contribution in [1.82, 2.24) is 5.06 Å². The minimum atomic E-state index is -1.07. The normalized spacial score (nSPS) is 20.8. The first-order valence-electron chi connectivity index (χ1n) is 22.9. The van der Waals surface area contributed by atoms with E-state index in [1.54, 1.807) is 0 Å². The average Bonchev–Trinajstić information content (AvgIpc) is 3.93. The van der Waals surface area contributed by atoms with Gasteiger partial charge in [0.15, 0.2) is 0 Å². The number of nitrogens with zero attached hydrogens (tertiary/aromatic N) is 6. The molecule has 318 valence electrons. The van der Waals surface area contributed by atoms with Crippen molar-refractivity contribution in [2.24, 2.45) is 20.8 Å². The SMILES string of the molecule is CN1OC2(N=C1Nc1ccc3cccc4c3c1CC1(Cc3ccc(-c5cccc(C#N)c5)cc3/C1=N/C#N)C4)c1cc(-c3cccc(C#N)c3)ccc1CC21Cc2cccc3cccc(c23)C1. The van der Waals surface area contributed by atoms with Crippen molar-refractivity contribution < 1.29 is 4.84 Å². The average molecular weight is 864 g/mol. The molecule has 8 heteroatoms. The van der Waals surface area contributed by atoms with Crippen LogP contribution in [0.4, 0.5) is 5.69 Å². The molecule has 0 amide bonds.